The van der Waals surface area contributed by atoms with Crippen LogP contribution in [-0.4, -0.2) is 39.6 Å². The maximum Gasteiger partial charge on any atom is 0.347 e. The van der Waals surface area contributed by atoms with Gasteiger partial charge in [0.2, 0.25) is 16.1 Å². The molecule has 7 nitrogen and oxygen atoms in total. The van der Waals surface area contributed by atoms with E-state index in [1.54, 1.807) is 0 Å². The first-order valence-corrected chi connectivity index (χ1v) is 8.36. The molecule has 0 amide bonds. The molecule has 0 bridgehead atoms. The first-order chi connectivity index (χ1) is 10.4. The van der Waals surface area contributed by atoms with Crippen LogP contribution in [0.15, 0.2) is 29.2 Å². The molecule has 1 aliphatic rings. The molecule has 9 heteroatoms. The third-order valence-corrected chi connectivity index (χ3v) is 4.64. The topological polar surface area (TPSA) is 98.8 Å². The largest absolute Gasteiger partial charge is 0.463 e. The Bertz CT molecular complexity index is 658. The van der Waals surface area contributed by atoms with Crippen molar-refractivity contribution >= 4 is 33.6 Å². The predicted octanol–water partition coefficient (Wildman–Crippen LogP) is 0.867. The van der Waals surface area contributed by atoms with Crippen molar-refractivity contribution in [2.45, 2.75) is 23.8 Å². The number of rotatable bonds is 6. The highest BCUT2D eigenvalue weighted by atomic mass is 35.5. The van der Waals surface area contributed by atoms with Crippen LogP contribution in [0.4, 0.5) is 0 Å². The molecule has 1 fully saturated rings. The number of cyclic esters (lactones) is 1. The smallest absolute Gasteiger partial charge is 0.347 e. The van der Waals surface area contributed by atoms with E-state index in [4.69, 9.17) is 16.3 Å². The zero-order valence-corrected chi connectivity index (χ0v) is 13.0. The molecule has 1 aromatic carbocycles. The fourth-order valence-corrected chi connectivity index (χ4v) is 2.94. The van der Waals surface area contributed by atoms with Crippen molar-refractivity contribution in [2.24, 2.45) is 0 Å². The third-order valence-electron chi connectivity index (χ3n) is 2.91. The lowest BCUT2D eigenvalue weighted by atomic mass is 10.3. The van der Waals surface area contributed by atoms with E-state index in [9.17, 15) is 18.0 Å². The molecule has 1 heterocycles. The Morgan fingerprint density at radius 1 is 1.36 bits per heavy atom. The highest BCUT2D eigenvalue weighted by Gasteiger charge is 2.30. The van der Waals surface area contributed by atoms with Gasteiger partial charge in [-0.15, -0.1) is 0 Å². The van der Waals surface area contributed by atoms with Crippen LogP contribution in [0.3, 0.4) is 0 Å². The number of nitrogens with one attached hydrogen (secondary N) is 1. The molecule has 22 heavy (non-hydrogen) atoms. The highest BCUT2D eigenvalue weighted by molar-refractivity contribution is 7.89. The average Bonchev–Trinajstić information content (AvgIpc) is 2.84. The van der Waals surface area contributed by atoms with Crippen LogP contribution in [-0.2, 0) is 29.1 Å². The van der Waals surface area contributed by atoms with Crippen LogP contribution >= 0.6 is 11.6 Å². The number of ether oxygens (including phenoxy) is 2. The van der Waals surface area contributed by atoms with Gasteiger partial charge >= 0.3 is 11.9 Å². The van der Waals surface area contributed by atoms with Gasteiger partial charge in [0.05, 0.1) is 17.9 Å². The first-order valence-electron chi connectivity index (χ1n) is 6.50. The lowest BCUT2D eigenvalue weighted by Crippen LogP contribution is -2.29. The number of hydrogen-bond acceptors (Lipinski definition) is 6. The van der Waals surface area contributed by atoms with Crippen LogP contribution in [0, 0.1) is 0 Å². The van der Waals surface area contributed by atoms with Crippen LogP contribution in [0.25, 0.3) is 0 Å². The minimum atomic E-state index is -3.72. The van der Waals surface area contributed by atoms with Gasteiger partial charge in [0.1, 0.15) is 0 Å². The lowest BCUT2D eigenvalue weighted by molar-refractivity contribution is -0.160. The standard InChI is InChI=1S/C13H14ClNO6S/c14-9-1-3-10(4-2-9)22(18,19)15-7-5-12(16)21-11-6-8-20-13(11)17/h1-4,11,15H,5-8H2/t11-/m1/s1. The van der Waals surface area contributed by atoms with E-state index in [2.05, 4.69) is 9.46 Å². The van der Waals surface area contributed by atoms with Crippen molar-refractivity contribution in [3.05, 3.63) is 29.3 Å². The quantitative estimate of drug-likeness (QED) is 0.766. The highest BCUT2D eigenvalue weighted by Crippen LogP contribution is 2.14. The van der Waals surface area contributed by atoms with Crippen molar-refractivity contribution < 1.29 is 27.5 Å². The summed E-state index contributed by atoms with van der Waals surface area (Å²) in [5, 5.41) is 0.422. The van der Waals surface area contributed by atoms with E-state index in [0.29, 0.717) is 11.4 Å². The minimum absolute atomic E-state index is 0.0460. The Morgan fingerprint density at radius 3 is 2.64 bits per heavy atom. The molecule has 120 valence electrons. The van der Waals surface area contributed by atoms with Gasteiger partial charge in [-0.05, 0) is 24.3 Å². The van der Waals surface area contributed by atoms with Crippen molar-refractivity contribution in [3.8, 4) is 0 Å². The second-order valence-corrected chi connectivity index (χ2v) is 6.74. The Labute approximate surface area is 132 Å². The van der Waals surface area contributed by atoms with E-state index in [-0.39, 0.29) is 24.5 Å². The van der Waals surface area contributed by atoms with Gasteiger partial charge < -0.3 is 9.47 Å². The maximum atomic E-state index is 11.9. The molecule has 0 aromatic heterocycles. The Balaban J connectivity index is 1.81. The van der Waals surface area contributed by atoms with Crippen LogP contribution in [0.1, 0.15) is 12.8 Å². The van der Waals surface area contributed by atoms with E-state index in [1.807, 2.05) is 0 Å². The Morgan fingerprint density at radius 2 is 2.05 bits per heavy atom. The van der Waals surface area contributed by atoms with E-state index < -0.39 is 28.1 Å². The van der Waals surface area contributed by atoms with Gasteiger partial charge in [0.15, 0.2) is 0 Å². The summed E-state index contributed by atoms with van der Waals surface area (Å²) in [6, 6.07) is 5.63. The number of halogens is 1. The van der Waals surface area contributed by atoms with Crippen LogP contribution in [0.5, 0.6) is 0 Å². The van der Waals surface area contributed by atoms with E-state index >= 15 is 0 Å². The molecular weight excluding hydrogens is 334 g/mol. The maximum absolute atomic E-state index is 11.9. The normalized spacial score (nSPS) is 18.0. The van der Waals surface area contributed by atoms with Crippen molar-refractivity contribution in [3.63, 3.8) is 0 Å². The Kier molecular flexibility index (Phi) is 5.38. The summed E-state index contributed by atoms with van der Waals surface area (Å²) in [5.41, 5.74) is 0. The molecular formula is C13H14ClNO6S. The zero-order chi connectivity index (χ0) is 16.2. The number of sulfonamides is 1. The Hall–Kier alpha value is -1.64. The molecule has 0 radical (unpaired) electrons. The number of carbonyl (C=O) groups is 2. The van der Waals surface area contributed by atoms with Gasteiger partial charge in [0, 0.05) is 18.0 Å². The predicted molar refractivity (Wildman–Crippen MR) is 76.7 cm³/mol. The fourth-order valence-electron chi connectivity index (χ4n) is 1.79. The van der Waals surface area contributed by atoms with Crippen LogP contribution < -0.4 is 4.72 Å². The molecule has 0 spiro atoms. The third kappa shape index (κ3) is 4.43. The number of hydrogen-bond donors (Lipinski definition) is 1. The summed E-state index contributed by atoms with van der Waals surface area (Å²) in [7, 11) is -3.72. The number of benzene rings is 1. The lowest BCUT2D eigenvalue weighted by Gasteiger charge is -2.09. The monoisotopic (exact) mass is 347 g/mol. The summed E-state index contributed by atoms with van der Waals surface area (Å²) in [6.07, 6.45) is -0.752. The SMILES string of the molecule is O=C(CCNS(=O)(=O)c1ccc(Cl)cc1)O[C@@H]1CCOC1=O. The summed E-state index contributed by atoms with van der Waals surface area (Å²) < 4.78 is 35.7. The van der Waals surface area contributed by atoms with Crippen molar-refractivity contribution in [1.29, 1.82) is 0 Å². The molecule has 0 saturated carbocycles. The molecule has 1 saturated heterocycles. The summed E-state index contributed by atoms with van der Waals surface area (Å²) in [4.78, 5) is 22.7. The second-order valence-electron chi connectivity index (χ2n) is 4.54. The number of esters is 2. The van der Waals surface area contributed by atoms with Crippen molar-refractivity contribution in [2.75, 3.05) is 13.2 Å². The summed E-state index contributed by atoms with van der Waals surface area (Å²) in [6.45, 7) is 0.0888. The van der Waals surface area contributed by atoms with E-state index in [1.165, 1.54) is 24.3 Å². The fraction of sp³-hybridized carbons (Fsp3) is 0.385. The zero-order valence-electron chi connectivity index (χ0n) is 11.5. The molecule has 0 unspecified atom stereocenters. The molecule has 1 aliphatic heterocycles. The second kappa shape index (κ2) is 7.08. The molecule has 0 aliphatic carbocycles. The van der Waals surface area contributed by atoms with Gasteiger partial charge in [-0.1, -0.05) is 11.6 Å². The molecule has 1 atom stereocenters. The first kappa shape index (κ1) is 16.7. The molecule has 2 rings (SSSR count). The summed E-state index contributed by atoms with van der Waals surface area (Å²) in [5.74, 6) is -1.24. The van der Waals surface area contributed by atoms with Gasteiger partial charge in [-0.3, -0.25) is 4.79 Å². The van der Waals surface area contributed by atoms with Gasteiger partial charge in [-0.25, -0.2) is 17.9 Å². The molecule has 1 N–H and O–H groups in total. The van der Waals surface area contributed by atoms with Crippen molar-refractivity contribution in [1.82, 2.24) is 4.72 Å². The van der Waals surface area contributed by atoms with Gasteiger partial charge in [-0.2, -0.15) is 0 Å². The summed E-state index contributed by atoms with van der Waals surface area (Å²) >= 11 is 5.69. The number of carbonyl (C=O) groups excluding carboxylic acids is 2. The van der Waals surface area contributed by atoms with Gasteiger partial charge in [0.25, 0.3) is 0 Å². The molecule has 1 aromatic rings. The van der Waals surface area contributed by atoms with E-state index in [0.717, 1.165) is 0 Å². The minimum Gasteiger partial charge on any atom is -0.463 e. The van der Waals surface area contributed by atoms with Crippen LogP contribution in [0.2, 0.25) is 5.02 Å². The average molecular weight is 348 g/mol.